The van der Waals surface area contributed by atoms with Crippen molar-refractivity contribution in [3.05, 3.63) is 53.6 Å². The maximum absolute atomic E-state index is 13.0. The summed E-state index contributed by atoms with van der Waals surface area (Å²) in [5.74, 6) is 0.970. The van der Waals surface area contributed by atoms with Crippen molar-refractivity contribution in [2.75, 3.05) is 26.5 Å². The minimum Gasteiger partial charge on any atom is -0.493 e. The van der Waals surface area contributed by atoms with Crippen molar-refractivity contribution in [2.24, 2.45) is 5.10 Å². The second-order valence-electron chi connectivity index (χ2n) is 7.39. The van der Waals surface area contributed by atoms with E-state index in [9.17, 15) is 4.79 Å². The van der Waals surface area contributed by atoms with Crippen LogP contribution < -0.4 is 20.5 Å². The fraction of sp³-hybridized carbons (Fsp3) is 0.250. The Kier molecular flexibility index (Phi) is 6.39. The number of hydrogen-bond acceptors (Lipinski definition) is 7. The number of aromatic nitrogens is 3. The number of para-hydroxylation sites is 3. The number of nitrogen functional groups attached to an aromatic ring is 1. The molecule has 1 amide bonds. The standard InChI is InChI=1S/C24H26N6O3/c1-4-5-13-26-24(31)19-20-23(29-17-11-7-6-10-16(17)28-20)30(22(19)25)27-14-15-9-8-12-18(32-2)21(15)33-3/h6-12,14H,4-5,13,25H2,1-3H3,(H,26,31). The molecule has 3 N–H and O–H groups in total. The summed E-state index contributed by atoms with van der Waals surface area (Å²) in [5, 5.41) is 7.46. The van der Waals surface area contributed by atoms with Crippen molar-refractivity contribution >= 4 is 40.1 Å². The van der Waals surface area contributed by atoms with E-state index in [0.717, 1.165) is 12.8 Å². The Morgan fingerprint density at radius 2 is 1.88 bits per heavy atom. The number of fused-ring (bicyclic) bond motifs is 2. The van der Waals surface area contributed by atoms with Gasteiger partial charge in [-0.05, 0) is 30.7 Å². The molecular formula is C24H26N6O3. The smallest absolute Gasteiger partial charge is 0.257 e. The number of nitrogens with zero attached hydrogens (tertiary/aromatic N) is 4. The lowest BCUT2D eigenvalue weighted by Crippen LogP contribution is -2.25. The Morgan fingerprint density at radius 3 is 2.58 bits per heavy atom. The van der Waals surface area contributed by atoms with Gasteiger partial charge in [0.1, 0.15) is 16.9 Å². The van der Waals surface area contributed by atoms with E-state index in [1.54, 1.807) is 26.5 Å². The third-order valence-corrected chi connectivity index (χ3v) is 5.26. The number of amides is 1. The van der Waals surface area contributed by atoms with Gasteiger partial charge in [-0.2, -0.15) is 9.78 Å². The lowest BCUT2D eigenvalue weighted by atomic mass is 10.2. The molecule has 0 aliphatic heterocycles. The minimum atomic E-state index is -0.302. The molecule has 0 aliphatic carbocycles. The number of methoxy groups -OCH3 is 2. The van der Waals surface area contributed by atoms with Crippen molar-refractivity contribution in [3.8, 4) is 11.5 Å². The summed E-state index contributed by atoms with van der Waals surface area (Å²) < 4.78 is 12.3. The lowest BCUT2D eigenvalue weighted by Gasteiger charge is -2.09. The zero-order chi connectivity index (χ0) is 23.4. The van der Waals surface area contributed by atoms with E-state index in [1.165, 1.54) is 4.68 Å². The van der Waals surface area contributed by atoms with Gasteiger partial charge in [-0.1, -0.05) is 31.5 Å². The number of nitrogens with one attached hydrogen (secondary N) is 1. The van der Waals surface area contributed by atoms with Crippen molar-refractivity contribution < 1.29 is 14.3 Å². The molecule has 0 aliphatic rings. The zero-order valence-corrected chi connectivity index (χ0v) is 18.8. The molecule has 2 heterocycles. The van der Waals surface area contributed by atoms with Gasteiger partial charge in [0, 0.05) is 12.1 Å². The Balaban J connectivity index is 1.87. The van der Waals surface area contributed by atoms with E-state index in [1.807, 2.05) is 36.4 Å². The highest BCUT2D eigenvalue weighted by Crippen LogP contribution is 2.31. The van der Waals surface area contributed by atoms with Crippen LogP contribution in [0.4, 0.5) is 5.82 Å². The predicted molar refractivity (Wildman–Crippen MR) is 129 cm³/mol. The number of hydrogen-bond donors (Lipinski definition) is 2. The summed E-state index contributed by atoms with van der Waals surface area (Å²) in [7, 11) is 3.13. The monoisotopic (exact) mass is 446 g/mol. The van der Waals surface area contributed by atoms with Gasteiger partial charge in [-0.15, -0.1) is 0 Å². The van der Waals surface area contributed by atoms with Gasteiger partial charge in [0.15, 0.2) is 17.1 Å². The first-order chi connectivity index (χ1) is 16.1. The average molecular weight is 447 g/mol. The highest BCUT2D eigenvalue weighted by atomic mass is 16.5. The normalized spacial score (nSPS) is 11.4. The van der Waals surface area contributed by atoms with Crippen LogP contribution in [0.1, 0.15) is 35.7 Å². The summed E-state index contributed by atoms with van der Waals surface area (Å²) >= 11 is 0. The zero-order valence-electron chi connectivity index (χ0n) is 18.8. The fourth-order valence-corrected chi connectivity index (χ4v) is 3.59. The third kappa shape index (κ3) is 4.17. The number of carbonyl (C=O) groups is 1. The Bertz CT molecular complexity index is 1350. The van der Waals surface area contributed by atoms with E-state index in [0.29, 0.717) is 45.8 Å². The first-order valence-corrected chi connectivity index (χ1v) is 10.7. The van der Waals surface area contributed by atoms with Crippen molar-refractivity contribution in [1.82, 2.24) is 20.0 Å². The van der Waals surface area contributed by atoms with Crippen LogP contribution in [0.15, 0.2) is 47.6 Å². The van der Waals surface area contributed by atoms with E-state index < -0.39 is 0 Å². The second kappa shape index (κ2) is 9.56. The second-order valence-corrected chi connectivity index (χ2v) is 7.39. The first kappa shape index (κ1) is 22.1. The van der Waals surface area contributed by atoms with Crippen LogP contribution in [0.25, 0.3) is 22.2 Å². The maximum Gasteiger partial charge on any atom is 0.257 e. The molecule has 4 rings (SSSR count). The van der Waals surface area contributed by atoms with Crippen molar-refractivity contribution in [2.45, 2.75) is 19.8 Å². The van der Waals surface area contributed by atoms with Gasteiger partial charge in [-0.25, -0.2) is 9.97 Å². The maximum atomic E-state index is 13.0. The van der Waals surface area contributed by atoms with Gasteiger partial charge < -0.3 is 20.5 Å². The van der Waals surface area contributed by atoms with Crippen LogP contribution in [0.2, 0.25) is 0 Å². The van der Waals surface area contributed by atoms with E-state index in [-0.39, 0.29) is 17.3 Å². The van der Waals surface area contributed by atoms with Gasteiger partial charge >= 0.3 is 0 Å². The fourth-order valence-electron chi connectivity index (χ4n) is 3.59. The van der Waals surface area contributed by atoms with Crippen LogP contribution in [0, 0.1) is 0 Å². The number of anilines is 1. The Hall–Kier alpha value is -4.14. The molecule has 0 saturated carbocycles. The molecule has 9 heteroatoms. The summed E-state index contributed by atoms with van der Waals surface area (Å²) in [6.07, 6.45) is 3.42. The van der Waals surface area contributed by atoms with Crippen LogP contribution in [0.5, 0.6) is 11.5 Å². The molecule has 2 aromatic carbocycles. The Labute approximate surface area is 191 Å². The number of rotatable bonds is 8. The van der Waals surface area contributed by atoms with Crippen LogP contribution in [0.3, 0.4) is 0 Å². The van der Waals surface area contributed by atoms with Gasteiger partial charge in [-0.3, -0.25) is 4.79 Å². The summed E-state index contributed by atoms with van der Waals surface area (Å²) in [4.78, 5) is 22.4. The quantitative estimate of drug-likeness (QED) is 0.316. The molecule has 0 radical (unpaired) electrons. The highest BCUT2D eigenvalue weighted by Gasteiger charge is 2.24. The molecule has 33 heavy (non-hydrogen) atoms. The first-order valence-electron chi connectivity index (χ1n) is 10.7. The predicted octanol–water partition coefficient (Wildman–Crippen LogP) is 3.60. The average Bonchev–Trinajstić information content (AvgIpc) is 3.10. The summed E-state index contributed by atoms with van der Waals surface area (Å²) in [6, 6.07) is 12.9. The SMILES string of the molecule is CCCCNC(=O)c1c(N)n(N=Cc2cccc(OC)c2OC)c2nc3ccccc3nc12. The minimum absolute atomic E-state index is 0.160. The molecule has 0 unspecified atom stereocenters. The van der Waals surface area contributed by atoms with Gasteiger partial charge in [0.2, 0.25) is 0 Å². The van der Waals surface area contributed by atoms with Crippen LogP contribution in [-0.2, 0) is 0 Å². The molecular weight excluding hydrogens is 420 g/mol. The highest BCUT2D eigenvalue weighted by molar-refractivity contribution is 6.10. The van der Waals surface area contributed by atoms with E-state index in [2.05, 4.69) is 22.3 Å². The molecule has 9 nitrogen and oxygen atoms in total. The molecule has 0 spiro atoms. The van der Waals surface area contributed by atoms with Gasteiger partial charge in [0.05, 0.1) is 31.5 Å². The van der Waals surface area contributed by atoms with E-state index in [4.69, 9.17) is 20.2 Å². The number of carbonyl (C=O) groups excluding carboxylic acids is 1. The molecule has 0 saturated heterocycles. The van der Waals surface area contributed by atoms with Crippen LogP contribution in [-0.4, -0.2) is 47.5 Å². The summed E-state index contributed by atoms with van der Waals surface area (Å²) in [6.45, 7) is 2.61. The molecule has 0 fully saturated rings. The molecule has 170 valence electrons. The van der Waals surface area contributed by atoms with Crippen molar-refractivity contribution in [3.63, 3.8) is 0 Å². The summed E-state index contributed by atoms with van der Waals surface area (Å²) in [5.41, 5.74) is 9.50. The largest absolute Gasteiger partial charge is 0.493 e. The lowest BCUT2D eigenvalue weighted by molar-refractivity contribution is 0.0955. The molecule has 2 aromatic heterocycles. The third-order valence-electron chi connectivity index (χ3n) is 5.26. The Morgan fingerprint density at radius 1 is 1.12 bits per heavy atom. The van der Waals surface area contributed by atoms with Crippen LogP contribution >= 0.6 is 0 Å². The van der Waals surface area contributed by atoms with E-state index >= 15 is 0 Å². The van der Waals surface area contributed by atoms with Gasteiger partial charge in [0.25, 0.3) is 5.91 Å². The number of benzene rings is 2. The van der Waals surface area contributed by atoms with Crippen molar-refractivity contribution in [1.29, 1.82) is 0 Å². The molecule has 0 atom stereocenters. The number of ether oxygens (including phenoxy) is 2. The number of unbranched alkanes of at least 4 members (excludes halogenated alkanes) is 1. The topological polar surface area (TPSA) is 117 Å². The number of nitrogens with two attached hydrogens (primary N) is 1. The molecule has 4 aromatic rings. The molecule has 0 bridgehead atoms.